The van der Waals surface area contributed by atoms with Gasteiger partial charge in [0.25, 0.3) is 5.69 Å². The molecule has 1 rings (SSSR count). The number of nitrogens with zero attached hydrogens (tertiary/aromatic N) is 1. The molecule has 0 spiro atoms. The molecule has 150 valence electrons. The van der Waals surface area contributed by atoms with Crippen molar-refractivity contribution in [2.45, 2.75) is 51.9 Å². The van der Waals surface area contributed by atoms with Crippen molar-refractivity contribution in [2.24, 2.45) is 0 Å². The summed E-state index contributed by atoms with van der Waals surface area (Å²) in [6.07, 6.45) is -3.33. The lowest BCUT2D eigenvalue weighted by Crippen LogP contribution is -2.34. The van der Waals surface area contributed by atoms with Crippen LogP contribution in [0.5, 0.6) is 0 Å². The smallest absolute Gasteiger partial charge is 0.407 e. The summed E-state index contributed by atoms with van der Waals surface area (Å²) in [5, 5.41) is 36.2. The average Bonchev–Trinajstić information content (AvgIpc) is 2.51. The van der Waals surface area contributed by atoms with Gasteiger partial charge in [-0.3, -0.25) is 14.9 Å². The molecular formula is C17H25N3O7. The first-order valence-electron chi connectivity index (χ1n) is 8.29. The molecule has 1 aromatic carbocycles. The Hall–Kier alpha value is -2.72. The molecule has 2 atom stereocenters. The molecule has 0 heterocycles. The third-order valence-corrected chi connectivity index (χ3v) is 3.34. The topological polar surface area (TPSA) is 151 Å². The van der Waals surface area contributed by atoms with Crippen LogP contribution in [0.3, 0.4) is 0 Å². The quantitative estimate of drug-likeness (QED) is 0.414. The molecule has 10 nitrogen and oxygen atoms in total. The molecule has 2 unspecified atom stereocenters. The van der Waals surface area contributed by atoms with Gasteiger partial charge in [0, 0.05) is 19.5 Å². The van der Waals surface area contributed by atoms with E-state index in [-0.39, 0.29) is 24.2 Å². The summed E-state index contributed by atoms with van der Waals surface area (Å²) >= 11 is 0. The Kier molecular flexibility index (Phi) is 7.68. The maximum Gasteiger partial charge on any atom is 0.407 e. The van der Waals surface area contributed by atoms with Crippen LogP contribution in [-0.4, -0.2) is 45.4 Å². The van der Waals surface area contributed by atoms with E-state index >= 15 is 0 Å². The minimum Gasteiger partial charge on any atom is -0.444 e. The molecule has 0 aliphatic heterocycles. The van der Waals surface area contributed by atoms with Crippen LogP contribution in [0.1, 0.15) is 45.8 Å². The summed E-state index contributed by atoms with van der Waals surface area (Å²) in [6, 6.07) is 3.73. The molecule has 0 saturated heterocycles. The summed E-state index contributed by atoms with van der Waals surface area (Å²) in [4.78, 5) is 33.1. The normalized spacial score (nSPS) is 13.4. The summed E-state index contributed by atoms with van der Waals surface area (Å²) in [5.41, 5.74) is -0.956. The highest BCUT2D eigenvalue weighted by Crippen LogP contribution is 2.29. The Labute approximate surface area is 156 Å². The van der Waals surface area contributed by atoms with E-state index in [4.69, 9.17) is 4.74 Å². The SMILES string of the molecule is CC(=O)Nc1ccc(C(O)C(O)CCNC(=O)OC(C)(C)C)cc1[N+](=O)[O-]. The van der Waals surface area contributed by atoms with Crippen molar-refractivity contribution in [3.63, 3.8) is 0 Å². The Morgan fingerprint density at radius 3 is 2.44 bits per heavy atom. The first-order valence-corrected chi connectivity index (χ1v) is 8.29. The van der Waals surface area contributed by atoms with E-state index in [9.17, 15) is 29.9 Å². The number of anilines is 1. The Balaban J connectivity index is 2.73. The molecule has 0 saturated carbocycles. The fourth-order valence-electron chi connectivity index (χ4n) is 2.20. The van der Waals surface area contributed by atoms with Gasteiger partial charge in [0.15, 0.2) is 0 Å². The number of alkyl carbamates (subject to hydrolysis) is 1. The van der Waals surface area contributed by atoms with Gasteiger partial charge in [-0.05, 0) is 38.8 Å². The fourth-order valence-corrected chi connectivity index (χ4v) is 2.20. The maximum atomic E-state index is 11.5. The van der Waals surface area contributed by atoms with Crippen molar-refractivity contribution in [1.29, 1.82) is 0 Å². The van der Waals surface area contributed by atoms with Crippen molar-refractivity contribution in [2.75, 3.05) is 11.9 Å². The molecule has 27 heavy (non-hydrogen) atoms. The van der Waals surface area contributed by atoms with Crippen LogP contribution in [0.2, 0.25) is 0 Å². The lowest BCUT2D eigenvalue weighted by molar-refractivity contribution is -0.384. The van der Waals surface area contributed by atoms with Gasteiger partial charge in [0.05, 0.1) is 11.0 Å². The molecule has 10 heteroatoms. The monoisotopic (exact) mass is 383 g/mol. The Morgan fingerprint density at radius 1 is 1.30 bits per heavy atom. The highest BCUT2D eigenvalue weighted by molar-refractivity contribution is 5.91. The number of nitro benzene ring substituents is 1. The zero-order chi connectivity index (χ0) is 20.8. The van der Waals surface area contributed by atoms with Crippen LogP contribution in [0.15, 0.2) is 18.2 Å². The standard InChI is InChI=1S/C17H25N3O7/c1-10(21)19-12-6-5-11(9-13(12)20(25)26)15(23)14(22)7-8-18-16(24)27-17(2,3)4/h5-6,9,14-15,22-23H,7-8H2,1-4H3,(H,18,24)(H,19,21). The van der Waals surface area contributed by atoms with Crippen molar-refractivity contribution >= 4 is 23.4 Å². The van der Waals surface area contributed by atoms with Crippen molar-refractivity contribution in [3.8, 4) is 0 Å². The van der Waals surface area contributed by atoms with Gasteiger partial charge in [-0.15, -0.1) is 0 Å². The van der Waals surface area contributed by atoms with Crippen molar-refractivity contribution in [3.05, 3.63) is 33.9 Å². The molecule has 0 aliphatic carbocycles. The zero-order valence-electron chi connectivity index (χ0n) is 15.7. The molecule has 4 N–H and O–H groups in total. The minimum absolute atomic E-state index is 0.00164. The number of carbonyl (C=O) groups is 2. The number of hydrogen-bond donors (Lipinski definition) is 4. The second kappa shape index (κ2) is 9.28. The van der Waals surface area contributed by atoms with Crippen LogP contribution < -0.4 is 10.6 Å². The van der Waals surface area contributed by atoms with E-state index in [1.165, 1.54) is 19.1 Å². The van der Waals surface area contributed by atoms with Crippen molar-refractivity contribution in [1.82, 2.24) is 5.32 Å². The fraction of sp³-hybridized carbons (Fsp3) is 0.529. The number of nitro groups is 1. The molecule has 0 radical (unpaired) electrons. The lowest BCUT2D eigenvalue weighted by Gasteiger charge is -2.21. The zero-order valence-corrected chi connectivity index (χ0v) is 15.7. The predicted octanol–water partition coefficient (Wildman–Crippen LogP) is 1.86. The Bertz CT molecular complexity index is 700. The predicted molar refractivity (Wildman–Crippen MR) is 97.2 cm³/mol. The number of amides is 2. The van der Waals surface area contributed by atoms with Gasteiger partial charge >= 0.3 is 6.09 Å². The molecular weight excluding hydrogens is 358 g/mol. The van der Waals surface area contributed by atoms with Gasteiger partial charge in [0.1, 0.15) is 17.4 Å². The van der Waals surface area contributed by atoms with Crippen LogP contribution in [-0.2, 0) is 9.53 Å². The molecule has 2 amide bonds. The number of hydrogen-bond acceptors (Lipinski definition) is 7. The molecule has 0 aromatic heterocycles. The number of aliphatic hydroxyl groups excluding tert-OH is 2. The largest absolute Gasteiger partial charge is 0.444 e. The van der Waals surface area contributed by atoms with E-state index < -0.39 is 40.4 Å². The van der Waals surface area contributed by atoms with Gasteiger partial charge < -0.3 is 25.6 Å². The summed E-state index contributed by atoms with van der Waals surface area (Å²) in [5.74, 6) is -0.473. The van der Waals surface area contributed by atoms with Crippen LogP contribution in [0, 0.1) is 10.1 Å². The number of ether oxygens (including phenoxy) is 1. The van der Waals surface area contributed by atoms with Crippen LogP contribution in [0.25, 0.3) is 0 Å². The molecule has 0 aliphatic rings. The summed E-state index contributed by atoms with van der Waals surface area (Å²) in [7, 11) is 0. The van der Waals surface area contributed by atoms with Gasteiger partial charge in [-0.1, -0.05) is 6.07 Å². The maximum absolute atomic E-state index is 11.5. The van der Waals surface area contributed by atoms with E-state index in [0.29, 0.717) is 0 Å². The number of rotatable bonds is 7. The highest BCUT2D eigenvalue weighted by atomic mass is 16.6. The minimum atomic E-state index is -1.41. The first-order chi connectivity index (χ1) is 12.4. The van der Waals surface area contributed by atoms with Crippen molar-refractivity contribution < 1.29 is 29.5 Å². The van der Waals surface area contributed by atoms with E-state index in [2.05, 4.69) is 10.6 Å². The molecule has 1 aromatic rings. The highest BCUT2D eigenvalue weighted by Gasteiger charge is 2.23. The number of benzene rings is 1. The second-order valence-electron chi connectivity index (χ2n) is 6.94. The number of aliphatic hydroxyl groups is 2. The Morgan fingerprint density at radius 2 is 1.93 bits per heavy atom. The van der Waals surface area contributed by atoms with E-state index in [0.717, 1.165) is 6.07 Å². The number of nitrogens with one attached hydrogen (secondary N) is 2. The lowest BCUT2D eigenvalue weighted by atomic mass is 10.0. The van der Waals surface area contributed by atoms with Gasteiger partial charge in [0.2, 0.25) is 5.91 Å². The molecule has 0 bridgehead atoms. The molecule has 0 fully saturated rings. The van der Waals surface area contributed by atoms with E-state index in [1.807, 2.05) is 0 Å². The van der Waals surface area contributed by atoms with E-state index in [1.54, 1.807) is 20.8 Å². The third-order valence-electron chi connectivity index (χ3n) is 3.34. The van der Waals surface area contributed by atoms with Crippen LogP contribution in [0.4, 0.5) is 16.2 Å². The summed E-state index contributed by atoms with van der Waals surface area (Å²) < 4.78 is 5.05. The number of carbonyl (C=O) groups excluding carboxylic acids is 2. The van der Waals surface area contributed by atoms with Crippen LogP contribution >= 0.6 is 0 Å². The second-order valence-corrected chi connectivity index (χ2v) is 6.94. The van der Waals surface area contributed by atoms with Gasteiger partial charge in [-0.25, -0.2) is 4.79 Å². The average molecular weight is 383 g/mol. The summed E-state index contributed by atoms with van der Waals surface area (Å²) in [6.45, 7) is 6.39. The van der Waals surface area contributed by atoms with Gasteiger partial charge in [-0.2, -0.15) is 0 Å². The third kappa shape index (κ3) is 7.59. The first kappa shape index (κ1) is 22.3.